The SMILES string of the molecule is Cn1cc(S(=O)(=O)N2CCCCC2)cc1C(=O)NC1CCSCC1. The maximum atomic E-state index is 12.7. The van der Waals surface area contributed by atoms with E-state index in [1.165, 1.54) is 10.4 Å². The van der Waals surface area contributed by atoms with Crippen LogP contribution in [-0.2, 0) is 17.1 Å². The summed E-state index contributed by atoms with van der Waals surface area (Å²) in [5.41, 5.74) is 0.406. The molecule has 1 aromatic rings. The molecule has 134 valence electrons. The highest BCUT2D eigenvalue weighted by Gasteiger charge is 2.29. The quantitative estimate of drug-likeness (QED) is 0.876. The third-order valence-electron chi connectivity index (χ3n) is 4.72. The minimum atomic E-state index is -3.50. The molecule has 3 heterocycles. The van der Waals surface area contributed by atoms with Crippen molar-refractivity contribution in [3.63, 3.8) is 0 Å². The molecular weight excluding hydrogens is 346 g/mol. The Balaban J connectivity index is 1.75. The number of thioether (sulfide) groups is 1. The Morgan fingerprint density at radius 2 is 1.88 bits per heavy atom. The number of hydrogen-bond donors (Lipinski definition) is 1. The zero-order valence-corrected chi connectivity index (χ0v) is 15.7. The van der Waals surface area contributed by atoms with E-state index in [4.69, 9.17) is 0 Å². The molecule has 2 aliphatic heterocycles. The number of carbonyl (C=O) groups excluding carboxylic acids is 1. The predicted octanol–water partition coefficient (Wildman–Crippen LogP) is 1.83. The van der Waals surface area contributed by atoms with Gasteiger partial charge in [0.05, 0.1) is 0 Å². The molecule has 1 aromatic heterocycles. The smallest absolute Gasteiger partial charge is 0.268 e. The Hall–Kier alpha value is -0.990. The summed E-state index contributed by atoms with van der Waals surface area (Å²) in [4.78, 5) is 12.7. The van der Waals surface area contributed by atoms with Crippen molar-refractivity contribution >= 4 is 27.7 Å². The number of rotatable bonds is 4. The van der Waals surface area contributed by atoms with Crippen molar-refractivity contribution in [2.75, 3.05) is 24.6 Å². The van der Waals surface area contributed by atoms with E-state index < -0.39 is 10.0 Å². The minimum Gasteiger partial charge on any atom is -0.348 e. The first-order chi connectivity index (χ1) is 11.5. The van der Waals surface area contributed by atoms with Crippen LogP contribution in [0.4, 0.5) is 0 Å². The first-order valence-electron chi connectivity index (χ1n) is 8.53. The highest BCUT2D eigenvalue weighted by atomic mass is 32.2. The average Bonchev–Trinajstić information content (AvgIpc) is 2.99. The molecule has 0 unspecified atom stereocenters. The van der Waals surface area contributed by atoms with Crippen LogP contribution in [0.15, 0.2) is 17.2 Å². The highest BCUT2D eigenvalue weighted by molar-refractivity contribution is 7.99. The van der Waals surface area contributed by atoms with E-state index in [1.807, 2.05) is 11.8 Å². The second-order valence-corrected chi connectivity index (χ2v) is 9.66. The van der Waals surface area contributed by atoms with Crippen LogP contribution in [0.3, 0.4) is 0 Å². The van der Waals surface area contributed by atoms with Gasteiger partial charge in [0.15, 0.2) is 0 Å². The van der Waals surface area contributed by atoms with Crippen molar-refractivity contribution in [2.24, 2.45) is 7.05 Å². The first kappa shape index (κ1) is 17.8. The van der Waals surface area contributed by atoms with Gasteiger partial charge in [0.2, 0.25) is 10.0 Å². The molecule has 2 fully saturated rings. The monoisotopic (exact) mass is 371 g/mol. The molecule has 2 aliphatic rings. The number of sulfonamides is 1. The van der Waals surface area contributed by atoms with Crippen molar-refractivity contribution in [1.82, 2.24) is 14.2 Å². The van der Waals surface area contributed by atoms with Gasteiger partial charge in [-0.15, -0.1) is 0 Å². The molecule has 1 N–H and O–H groups in total. The Bertz CT molecular complexity index is 687. The predicted molar refractivity (Wildman–Crippen MR) is 95.8 cm³/mol. The molecule has 2 saturated heterocycles. The summed E-state index contributed by atoms with van der Waals surface area (Å²) in [6, 6.07) is 1.70. The van der Waals surface area contributed by atoms with E-state index >= 15 is 0 Å². The minimum absolute atomic E-state index is 0.186. The number of amides is 1. The zero-order chi connectivity index (χ0) is 17.2. The molecule has 0 atom stereocenters. The van der Waals surface area contributed by atoms with Crippen molar-refractivity contribution in [3.8, 4) is 0 Å². The maximum absolute atomic E-state index is 12.7. The maximum Gasteiger partial charge on any atom is 0.268 e. The number of nitrogens with one attached hydrogen (secondary N) is 1. The Labute approximate surface area is 148 Å². The normalized spacial score (nSPS) is 20.9. The summed E-state index contributed by atoms with van der Waals surface area (Å²) in [7, 11) is -1.78. The van der Waals surface area contributed by atoms with Gasteiger partial charge in [-0.05, 0) is 43.3 Å². The van der Waals surface area contributed by atoms with Crippen molar-refractivity contribution in [2.45, 2.75) is 43.0 Å². The molecule has 0 radical (unpaired) electrons. The zero-order valence-electron chi connectivity index (χ0n) is 14.0. The van der Waals surface area contributed by atoms with Crippen LogP contribution in [0.1, 0.15) is 42.6 Å². The molecule has 0 aromatic carbocycles. The molecule has 0 aliphatic carbocycles. The van der Waals surface area contributed by atoms with E-state index in [1.54, 1.807) is 17.8 Å². The van der Waals surface area contributed by atoms with Gasteiger partial charge in [-0.25, -0.2) is 8.42 Å². The van der Waals surface area contributed by atoms with Crippen LogP contribution >= 0.6 is 11.8 Å². The van der Waals surface area contributed by atoms with Crippen LogP contribution < -0.4 is 5.32 Å². The second kappa shape index (κ2) is 7.49. The van der Waals surface area contributed by atoms with Crippen LogP contribution in [0.25, 0.3) is 0 Å². The summed E-state index contributed by atoms with van der Waals surface area (Å²) >= 11 is 1.91. The van der Waals surface area contributed by atoms with Gasteiger partial charge in [0.25, 0.3) is 5.91 Å². The summed E-state index contributed by atoms with van der Waals surface area (Å²) in [5, 5.41) is 3.04. The fraction of sp³-hybridized carbons (Fsp3) is 0.688. The third kappa shape index (κ3) is 3.81. The molecule has 6 nitrogen and oxygen atoms in total. The third-order valence-corrected chi connectivity index (χ3v) is 7.63. The molecule has 3 rings (SSSR count). The van der Waals surface area contributed by atoms with Crippen LogP contribution in [0.2, 0.25) is 0 Å². The van der Waals surface area contributed by atoms with Gasteiger partial charge in [-0.2, -0.15) is 16.1 Å². The van der Waals surface area contributed by atoms with Gasteiger partial charge < -0.3 is 9.88 Å². The summed E-state index contributed by atoms with van der Waals surface area (Å²) in [6.45, 7) is 1.14. The van der Waals surface area contributed by atoms with Gasteiger partial charge in [-0.1, -0.05) is 6.42 Å². The van der Waals surface area contributed by atoms with Gasteiger partial charge in [0.1, 0.15) is 10.6 Å². The second-order valence-electron chi connectivity index (χ2n) is 6.50. The summed E-state index contributed by atoms with van der Waals surface area (Å²) < 4.78 is 28.6. The molecule has 24 heavy (non-hydrogen) atoms. The van der Waals surface area contributed by atoms with E-state index in [9.17, 15) is 13.2 Å². The van der Waals surface area contributed by atoms with Gasteiger partial charge >= 0.3 is 0 Å². The van der Waals surface area contributed by atoms with Crippen LogP contribution in [0, 0.1) is 0 Å². The van der Waals surface area contributed by atoms with Crippen molar-refractivity contribution in [3.05, 3.63) is 18.0 Å². The lowest BCUT2D eigenvalue weighted by atomic mass is 10.1. The Morgan fingerprint density at radius 1 is 1.21 bits per heavy atom. The lowest BCUT2D eigenvalue weighted by Crippen LogP contribution is -2.38. The largest absolute Gasteiger partial charge is 0.348 e. The lowest BCUT2D eigenvalue weighted by molar-refractivity contribution is 0.0926. The van der Waals surface area contributed by atoms with E-state index in [0.717, 1.165) is 43.6 Å². The standard InChI is InChI=1S/C16H25N3O3S2/c1-18-12-14(24(21,22)19-7-3-2-4-8-19)11-15(18)16(20)17-13-5-9-23-10-6-13/h11-13H,2-10H2,1H3,(H,17,20). The topological polar surface area (TPSA) is 71.4 Å². The fourth-order valence-electron chi connectivity index (χ4n) is 3.26. The molecule has 0 saturated carbocycles. The van der Waals surface area contributed by atoms with Crippen molar-refractivity contribution < 1.29 is 13.2 Å². The van der Waals surface area contributed by atoms with Crippen LogP contribution in [0.5, 0.6) is 0 Å². The lowest BCUT2D eigenvalue weighted by Gasteiger charge is -2.25. The molecule has 8 heteroatoms. The number of nitrogens with zero attached hydrogens (tertiary/aromatic N) is 2. The van der Waals surface area contributed by atoms with Gasteiger partial charge in [-0.3, -0.25) is 4.79 Å². The number of carbonyl (C=O) groups is 1. The average molecular weight is 372 g/mol. The van der Waals surface area contributed by atoms with Crippen molar-refractivity contribution in [1.29, 1.82) is 0 Å². The molecular formula is C16H25N3O3S2. The number of hydrogen-bond acceptors (Lipinski definition) is 4. The van der Waals surface area contributed by atoms with E-state index in [-0.39, 0.29) is 16.8 Å². The first-order valence-corrected chi connectivity index (χ1v) is 11.1. The fourth-order valence-corrected chi connectivity index (χ4v) is 5.95. The molecule has 0 bridgehead atoms. The van der Waals surface area contributed by atoms with Crippen LogP contribution in [-0.4, -0.2) is 53.8 Å². The number of aromatic nitrogens is 1. The molecule has 1 amide bonds. The Morgan fingerprint density at radius 3 is 2.54 bits per heavy atom. The van der Waals surface area contributed by atoms with E-state index in [2.05, 4.69) is 5.32 Å². The summed E-state index contributed by atoms with van der Waals surface area (Å²) in [6.07, 6.45) is 6.38. The molecule has 0 spiro atoms. The highest BCUT2D eigenvalue weighted by Crippen LogP contribution is 2.23. The number of aryl methyl sites for hydroxylation is 1. The van der Waals surface area contributed by atoms with E-state index in [0.29, 0.717) is 18.8 Å². The number of piperidine rings is 1. The Kier molecular flexibility index (Phi) is 5.56. The summed E-state index contributed by atoms with van der Waals surface area (Å²) in [5.74, 6) is 1.94. The van der Waals surface area contributed by atoms with Gasteiger partial charge in [0, 0.05) is 32.4 Å².